The molecule has 0 aromatic carbocycles. The number of carboxylic acids is 1. The molecule has 0 unspecified atom stereocenters. The van der Waals surface area contributed by atoms with Gasteiger partial charge in [-0.1, -0.05) is 44.6 Å². The molecule has 0 aliphatic heterocycles. The van der Waals surface area contributed by atoms with E-state index in [1.54, 1.807) is 13.0 Å². The monoisotopic (exact) mass is 370 g/mol. The number of esters is 2. The third-order valence-corrected chi connectivity index (χ3v) is 3.87. The van der Waals surface area contributed by atoms with Crippen LogP contribution in [0.25, 0.3) is 0 Å². The van der Waals surface area contributed by atoms with Gasteiger partial charge in [-0.3, -0.25) is 9.59 Å². The van der Waals surface area contributed by atoms with E-state index in [9.17, 15) is 14.4 Å². The van der Waals surface area contributed by atoms with Crippen LogP contribution < -0.4 is 0 Å². The summed E-state index contributed by atoms with van der Waals surface area (Å²) in [6.07, 6.45) is 13.2. The van der Waals surface area contributed by atoms with E-state index in [0.29, 0.717) is 32.5 Å². The number of carbonyl (C=O) groups is 3. The molecule has 6 heteroatoms. The van der Waals surface area contributed by atoms with Crippen molar-refractivity contribution in [3.05, 3.63) is 12.2 Å². The van der Waals surface area contributed by atoms with Crippen molar-refractivity contribution >= 4 is 17.9 Å². The fourth-order valence-electron chi connectivity index (χ4n) is 2.43. The van der Waals surface area contributed by atoms with Gasteiger partial charge in [0.2, 0.25) is 0 Å². The van der Waals surface area contributed by atoms with Crippen molar-refractivity contribution < 1.29 is 29.0 Å². The predicted molar refractivity (Wildman–Crippen MR) is 99.8 cm³/mol. The first-order chi connectivity index (χ1) is 12.6. The topological polar surface area (TPSA) is 89.9 Å². The highest BCUT2D eigenvalue weighted by Crippen LogP contribution is 2.11. The second-order valence-electron chi connectivity index (χ2n) is 6.32. The second-order valence-corrected chi connectivity index (χ2v) is 6.32. The maximum absolute atomic E-state index is 11.6. The van der Waals surface area contributed by atoms with Crippen LogP contribution in [-0.2, 0) is 23.9 Å². The Morgan fingerprint density at radius 1 is 0.731 bits per heavy atom. The molecule has 0 atom stereocenters. The molecule has 6 nitrogen and oxygen atoms in total. The molecule has 26 heavy (non-hydrogen) atoms. The van der Waals surface area contributed by atoms with Gasteiger partial charge < -0.3 is 14.6 Å². The number of carboxylic acid groups (broad SMARTS) is 1. The number of aliphatic carboxylic acids is 1. The van der Waals surface area contributed by atoms with Gasteiger partial charge in [-0.15, -0.1) is 0 Å². The predicted octanol–water partition coefficient (Wildman–Crippen LogP) is 4.41. The molecule has 0 spiro atoms. The average Bonchev–Trinajstić information content (AvgIpc) is 2.59. The third kappa shape index (κ3) is 18.5. The molecule has 0 saturated heterocycles. The van der Waals surface area contributed by atoms with Crippen LogP contribution in [0.2, 0.25) is 0 Å². The largest absolute Gasteiger partial charge is 0.481 e. The molecule has 0 radical (unpaired) electrons. The first-order valence-electron chi connectivity index (χ1n) is 9.73. The van der Waals surface area contributed by atoms with Crippen molar-refractivity contribution in [1.29, 1.82) is 0 Å². The highest BCUT2D eigenvalue weighted by molar-refractivity contribution is 5.81. The second kappa shape index (κ2) is 18.0. The van der Waals surface area contributed by atoms with Crippen LogP contribution in [-0.4, -0.2) is 36.2 Å². The van der Waals surface area contributed by atoms with Gasteiger partial charge in [0.1, 0.15) is 0 Å². The molecule has 0 fully saturated rings. The van der Waals surface area contributed by atoms with Crippen molar-refractivity contribution in [2.24, 2.45) is 0 Å². The molecule has 0 aromatic heterocycles. The zero-order valence-corrected chi connectivity index (χ0v) is 16.0. The lowest BCUT2D eigenvalue weighted by Crippen LogP contribution is -2.07. The molecular weight excluding hydrogens is 336 g/mol. The lowest BCUT2D eigenvalue weighted by atomic mass is 10.1. The maximum atomic E-state index is 11.6. The van der Waals surface area contributed by atoms with Crippen LogP contribution >= 0.6 is 0 Å². The number of hydrogen-bond donors (Lipinski definition) is 1. The molecule has 0 aromatic rings. The van der Waals surface area contributed by atoms with Gasteiger partial charge in [-0.25, -0.2) is 4.79 Å². The number of carbonyl (C=O) groups excluding carboxylic acids is 2. The molecule has 0 aliphatic carbocycles. The summed E-state index contributed by atoms with van der Waals surface area (Å²) in [4.78, 5) is 33.0. The van der Waals surface area contributed by atoms with Crippen LogP contribution in [0.15, 0.2) is 12.2 Å². The summed E-state index contributed by atoms with van der Waals surface area (Å²) in [7, 11) is 0. The fraction of sp³-hybridized carbons (Fsp3) is 0.750. The standard InChI is InChI=1S/C20H34O6/c1-2-13-19(23)25-16-11-12-17-26-20(24)15-10-8-6-4-3-5-7-9-14-18(21)22/h2,13H,3-12,14-17H2,1H3,(H,21,22). The van der Waals surface area contributed by atoms with Gasteiger partial charge in [0.05, 0.1) is 13.2 Å². The molecule has 0 aliphatic rings. The Labute approximate surface area is 156 Å². The number of rotatable bonds is 17. The van der Waals surface area contributed by atoms with E-state index in [4.69, 9.17) is 14.6 Å². The normalized spacial score (nSPS) is 10.8. The summed E-state index contributed by atoms with van der Waals surface area (Å²) in [5.74, 6) is -1.22. The smallest absolute Gasteiger partial charge is 0.330 e. The van der Waals surface area contributed by atoms with Gasteiger partial charge in [0.15, 0.2) is 0 Å². The van der Waals surface area contributed by atoms with Crippen molar-refractivity contribution in [2.75, 3.05) is 13.2 Å². The first-order valence-corrected chi connectivity index (χ1v) is 9.73. The van der Waals surface area contributed by atoms with E-state index < -0.39 is 5.97 Å². The van der Waals surface area contributed by atoms with Gasteiger partial charge in [-0.2, -0.15) is 0 Å². The maximum Gasteiger partial charge on any atom is 0.330 e. The van der Waals surface area contributed by atoms with Crippen LogP contribution in [0.4, 0.5) is 0 Å². The van der Waals surface area contributed by atoms with E-state index in [0.717, 1.165) is 51.4 Å². The average molecular weight is 370 g/mol. The summed E-state index contributed by atoms with van der Waals surface area (Å²) >= 11 is 0. The van der Waals surface area contributed by atoms with Crippen LogP contribution in [0.5, 0.6) is 0 Å². The van der Waals surface area contributed by atoms with E-state index >= 15 is 0 Å². The molecule has 1 N–H and O–H groups in total. The third-order valence-electron chi connectivity index (χ3n) is 3.87. The minimum Gasteiger partial charge on any atom is -0.481 e. The molecule has 0 saturated carbocycles. The number of hydrogen-bond acceptors (Lipinski definition) is 5. The Balaban J connectivity index is 3.27. The number of ether oxygens (including phenoxy) is 2. The molecule has 0 bridgehead atoms. The molecule has 0 heterocycles. The summed E-state index contributed by atoms with van der Waals surface area (Å²) in [6.45, 7) is 2.47. The Bertz CT molecular complexity index is 417. The minimum atomic E-state index is -0.718. The summed E-state index contributed by atoms with van der Waals surface area (Å²) in [5.41, 5.74) is 0. The zero-order valence-electron chi connectivity index (χ0n) is 16.0. The van der Waals surface area contributed by atoms with Crippen LogP contribution in [0.1, 0.15) is 84.0 Å². The van der Waals surface area contributed by atoms with E-state index in [2.05, 4.69) is 0 Å². The van der Waals surface area contributed by atoms with Crippen LogP contribution in [0.3, 0.4) is 0 Å². The molecule has 150 valence electrons. The van der Waals surface area contributed by atoms with Crippen molar-refractivity contribution in [1.82, 2.24) is 0 Å². The fourth-order valence-corrected chi connectivity index (χ4v) is 2.43. The Kier molecular flexibility index (Phi) is 16.7. The van der Waals surface area contributed by atoms with Gasteiger partial charge in [-0.05, 0) is 32.6 Å². The van der Waals surface area contributed by atoms with Crippen molar-refractivity contribution in [2.45, 2.75) is 84.0 Å². The lowest BCUT2D eigenvalue weighted by molar-refractivity contribution is -0.144. The number of allylic oxidation sites excluding steroid dienone is 1. The lowest BCUT2D eigenvalue weighted by Gasteiger charge is -2.05. The zero-order chi connectivity index (χ0) is 19.5. The van der Waals surface area contributed by atoms with Crippen LogP contribution in [0, 0.1) is 0 Å². The molecule has 0 rings (SSSR count). The SMILES string of the molecule is CC=CC(=O)OCCCCOC(=O)CCCCCCCCCCC(=O)O. The molecular formula is C20H34O6. The van der Waals surface area contributed by atoms with Gasteiger partial charge >= 0.3 is 17.9 Å². The van der Waals surface area contributed by atoms with Gasteiger partial charge in [0, 0.05) is 18.9 Å². The van der Waals surface area contributed by atoms with Crippen molar-refractivity contribution in [3.63, 3.8) is 0 Å². The minimum absolute atomic E-state index is 0.162. The van der Waals surface area contributed by atoms with E-state index in [1.807, 2.05) is 0 Å². The van der Waals surface area contributed by atoms with Crippen molar-refractivity contribution in [3.8, 4) is 0 Å². The van der Waals surface area contributed by atoms with E-state index in [1.165, 1.54) is 6.08 Å². The Hall–Kier alpha value is -1.85. The molecule has 0 amide bonds. The highest BCUT2D eigenvalue weighted by atomic mass is 16.5. The Morgan fingerprint density at radius 2 is 1.23 bits per heavy atom. The Morgan fingerprint density at radius 3 is 1.77 bits per heavy atom. The van der Waals surface area contributed by atoms with Gasteiger partial charge in [0.25, 0.3) is 0 Å². The quantitative estimate of drug-likeness (QED) is 0.232. The summed E-state index contributed by atoms with van der Waals surface area (Å²) in [5, 5.41) is 8.53. The van der Waals surface area contributed by atoms with E-state index in [-0.39, 0.29) is 18.4 Å². The number of unbranched alkanes of at least 4 members (excludes halogenated alkanes) is 8. The first kappa shape index (κ1) is 24.1. The summed E-state index contributed by atoms with van der Waals surface area (Å²) < 4.78 is 10.1. The highest BCUT2D eigenvalue weighted by Gasteiger charge is 2.03. The summed E-state index contributed by atoms with van der Waals surface area (Å²) in [6, 6.07) is 0.